The number of pyridine rings is 2. The third kappa shape index (κ3) is 6.16. The zero-order valence-corrected chi connectivity index (χ0v) is 18.0. The molecule has 0 fully saturated rings. The lowest BCUT2D eigenvalue weighted by atomic mass is 10.2. The molecule has 0 aliphatic heterocycles. The molecule has 32 heavy (non-hydrogen) atoms. The SMILES string of the molecule is O=C(O)CNc1cccc(CN(Cc2ccc(-n3cccn3)cc2)Sc2cccnc2)n1. The molecule has 0 saturated heterocycles. The van der Waals surface area contributed by atoms with Crippen LogP contribution in [0.1, 0.15) is 11.3 Å². The summed E-state index contributed by atoms with van der Waals surface area (Å²) < 4.78 is 4.02. The fraction of sp³-hybridized carbons (Fsp3) is 0.130. The molecular weight excluding hydrogens is 424 g/mol. The fourth-order valence-electron chi connectivity index (χ4n) is 3.06. The van der Waals surface area contributed by atoms with E-state index in [0.717, 1.165) is 21.8 Å². The van der Waals surface area contributed by atoms with Crippen molar-refractivity contribution in [3.05, 3.63) is 96.7 Å². The first-order chi connectivity index (χ1) is 15.7. The van der Waals surface area contributed by atoms with Crippen molar-refractivity contribution in [1.29, 1.82) is 0 Å². The van der Waals surface area contributed by atoms with Crippen LogP contribution < -0.4 is 5.32 Å². The Morgan fingerprint density at radius 2 is 1.91 bits per heavy atom. The van der Waals surface area contributed by atoms with Crippen molar-refractivity contribution in [2.45, 2.75) is 18.0 Å². The summed E-state index contributed by atoms with van der Waals surface area (Å²) in [7, 11) is 0. The third-order valence-corrected chi connectivity index (χ3v) is 5.47. The van der Waals surface area contributed by atoms with Crippen LogP contribution in [-0.4, -0.2) is 41.7 Å². The molecule has 0 bridgehead atoms. The average molecular weight is 447 g/mol. The van der Waals surface area contributed by atoms with Crippen LogP contribution in [0.5, 0.6) is 0 Å². The summed E-state index contributed by atoms with van der Waals surface area (Å²) in [4.78, 5) is 20.6. The summed E-state index contributed by atoms with van der Waals surface area (Å²) in [5.41, 5.74) is 2.99. The topological polar surface area (TPSA) is 96.2 Å². The van der Waals surface area contributed by atoms with Gasteiger partial charge in [0.15, 0.2) is 0 Å². The Morgan fingerprint density at radius 1 is 1.03 bits per heavy atom. The van der Waals surface area contributed by atoms with Crippen LogP contribution in [0.25, 0.3) is 5.69 Å². The van der Waals surface area contributed by atoms with Crippen LogP contribution in [0.3, 0.4) is 0 Å². The Hall–Kier alpha value is -3.69. The molecular formula is C23H22N6O2S. The van der Waals surface area contributed by atoms with E-state index in [0.29, 0.717) is 18.9 Å². The number of nitrogens with one attached hydrogen (secondary N) is 1. The Balaban J connectivity index is 1.50. The molecule has 4 rings (SSSR count). The van der Waals surface area contributed by atoms with Crippen molar-refractivity contribution >= 4 is 23.7 Å². The molecule has 1 aromatic carbocycles. The van der Waals surface area contributed by atoms with E-state index in [1.165, 1.54) is 0 Å². The number of carboxylic acids is 1. The molecule has 0 amide bonds. The minimum absolute atomic E-state index is 0.173. The first-order valence-corrected chi connectivity index (χ1v) is 10.8. The maximum absolute atomic E-state index is 10.8. The molecule has 2 N–H and O–H groups in total. The number of carboxylic acid groups (broad SMARTS) is 1. The number of aliphatic carboxylic acids is 1. The normalized spacial score (nSPS) is 10.9. The van der Waals surface area contributed by atoms with Gasteiger partial charge in [0.2, 0.25) is 0 Å². The molecule has 9 heteroatoms. The maximum Gasteiger partial charge on any atom is 0.322 e. The van der Waals surface area contributed by atoms with Crippen LogP contribution in [0.15, 0.2) is 90.3 Å². The van der Waals surface area contributed by atoms with Gasteiger partial charge in [-0.25, -0.2) is 14.0 Å². The number of hydrogen-bond acceptors (Lipinski definition) is 7. The molecule has 8 nitrogen and oxygen atoms in total. The zero-order chi connectivity index (χ0) is 22.2. The highest BCUT2D eigenvalue weighted by Crippen LogP contribution is 2.26. The number of anilines is 1. The van der Waals surface area contributed by atoms with E-state index in [2.05, 4.69) is 36.8 Å². The molecule has 0 radical (unpaired) electrons. The van der Waals surface area contributed by atoms with E-state index in [-0.39, 0.29) is 6.54 Å². The van der Waals surface area contributed by atoms with Crippen molar-refractivity contribution in [3.8, 4) is 5.69 Å². The molecule has 3 heterocycles. The van der Waals surface area contributed by atoms with Crippen LogP contribution in [0.2, 0.25) is 0 Å². The van der Waals surface area contributed by atoms with Gasteiger partial charge in [0.1, 0.15) is 12.4 Å². The standard InChI is InChI=1S/C23H22N6O2S/c30-23(31)15-25-22-6-1-4-19(27-22)17-28(32-21-5-2-11-24-14-21)16-18-7-9-20(10-8-18)29-13-3-12-26-29/h1-14H,15-17H2,(H,25,27)(H,30,31). The highest BCUT2D eigenvalue weighted by atomic mass is 32.2. The van der Waals surface area contributed by atoms with Crippen molar-refractivity contribution in [2.24, 2.45) is 0 Å². The highest BCUT2D eigenvalue weighted by molar-refractivity contribution is 7.97. The third-order valence-electron chi connectivity index (χ3n) is 4.50. The number of aromatic nitrogens is 4. The Labute approximate surface area is 190 Å². The molecule has 0 aliphatic carbocycles. The molecule has 0 saturated carbocycles. The van der Waals surface area contributed by atoms with Crippen LogP contribution >= 0.6 is 11.9 Å². The average Bonchev–Trinajstić information content (AvgIpc) is 3.34. The van der Waals surface area contributed by atoms with Gasteiger partial charge in [-0.15, -0.1) is 0 Å². The van der Waals surface area contributed by atoms with E-state index in [4.69, 9.17) is 5.11 Å². The summed E-state index contributed by atoms with van der Waals surface area (Å²) in [5, 5.41) is 16.0. The van der Waals surface area contributed by atoms with Crippen LogP contribution in [0.4, 0.5) is 5.82 Å². The summed E-state index contributed by atoms with van der Waals surface area (Å²) >= 11 is 1.60. The lowest BCUT2D eigenvalue weighted by Crippen LogP contribution is -2.17. The molecule has 162 valence electrons. The number of nitrogens with zero attached hydrogens (tertiary/aromatic N) is 5. The van der Waals surface area contributed by atoms with E-state index < -0.39 is 5.97 Å². The maximum atomic E-state index is 10.8. The van der Waals surface area contributed by atoms with E-state index in [1.54, 1.807) is 30.4 Å². The second-order valence-corrected chi connectivity index (χ2v) is 8.13. The van der Waals surface area contributed by atoms with Crippen LogP contribution in [-0.2, 0) is 17.9 Å². The molecule has 0 atom stereocenters. The second-order valence-electron chi connectivity index (χ2n) is 6.96. The van der Waals surface area contributed by atoms with Gasteiger partial charge in [-0.3, -0.25) is 9.78 Å². The van der Waals surface area contributed by atoms with Gasteiger partial charge < -0.3 is 10.4 Å². The Bertz CT molecular complexity index is 1140. The van der Waals surface area contributed by atoms with Gasteiger partial charge in [0, 0.05) is 36.2 Å². The van der Waals surface area contributed by atoms with Crippen molar-refractivity contribution in [3.63, 3.8) is 0 Å². The summed E-state index contributed by atoms with van der Waals surface area (Å²) in [5.74, 6) is -0.385. The largest absolute Gasteiger partial charge is 0.480 e. The van der Waals surface area contributed by atoms with E-state index >= 15 is 0 Å². The van der Waals surface area contributed by atoms with Crippen molar-refractivity contribution in [1.82, 2.24) is 24.1 Å². The van der Waals surface area contributed by atoms with Gasteiger partial charge in [-0.1, -0.05) is 18.2 Å². The number of carbonyl (C=O) groups is 1. The predicted molar refractivity (Wildman–Crippen MR) is 123 cm³/mol. The van der Waals surface area contributed by atoms with E-state index in [9.17, 15) is 4.79 Å². The van der Waals surface area contributed by atoms with Crippen molar-refractivity contribution < 1.29 is 9.90 Å². The number of hydrogen-bond donors (Lipinski definition) is 2. The molecule has 0 unspecified atom stereocenters. The monoisotopic (exact) mass is 446 g/mol. The molecule has 0 aliphatic rings. The molecule has 4 aromatic rings. The first kappa shape index (κ1) is 21.5. The fourth-order valence-corrected chi connectivity index (χ4v) is 4.02. The van der Waals surface area contributed by atoms with E-state index in [1.807, 2.05) is 59.5 Å². The first-order valence-electron chi connectivity index (χ1n) is 9.99. The second kappa shape index (κ2) is 10.6. The van der Waals surface area contributed by atoms with Gasteiger partial charge in [-0.05, 0) is 60.0 Å². The van der Waals surface area contributed by atoms with Gasteiger partial charge in [0.05, 0.1) is 17.9 Å². The molecule has 0 spiro atoms. The smallest absolute Gasteiger partial charge is 0.322 e. The van der Waals surface area contributed by atoms with Crippen LogP contribution in [0, 0.1) is 0 Å². The minimum atomic E-state index is -0.926. The summed E-state index contributed by atoms with van der Waals surface area (Å²) in [6.07, 6.45) is 7.25. The predicted octanol–water partition coefficient (Wildman–Crippen LogP) is 3.87. The summed E-state index contributed by atoms with van der Waals surface area (Å²) in [6, 6.07) is 19.7. The Morgan fingerprint density at radius 3 is 2.62 bits per heavy atom. The number of benzene rings is 1. The van der Waals surface area contributed by atoms with Gasteiger partial charge in [0.25, 0.3) is 0 Å². The van der Waals surface area contributed by atoms with Gasteiger partial charge >= 0.3 is 5.97 Å². The Kier molecular flexibility index (Phi) is 7.11. The molecule has 3 aromatic heterocycles. The minimum Gasteiger partial charge on any atom is -0.480 e. The quantitative estimate of drug-likeness (QED) is 0.355. The number of rotatable bonds is 10. The highest BCUT2D eigenvalue weighted by Gasteiger charge is 2.12. The lowest BCUT2D eigenvalue weighted by molar-refractivity contribution is -0.134. The zero-order valence-electron chi connectivity index (χ0n) is 17.2. The van der Waals surface area contributed by atoms with Gasteiger partial charge in [-0.2, -0.15) is 5.10 Å². The lowest BCUT2D eigenvalue weighted by Gasteiger charge is -2.21. The van der Waals surface area contributed by atoms with Crippen molar-refractivity contribution in [2.75, 3.05) is 11.9 Å². The summed E-state index contributed by atoms with van der Waals surface area (Å²) in [6.45, 7) is 1.09.